The average molecular weight is 230 g/mol. The zero-order valence-electron chi connectivity index (χ0n) is 9.93. The number of anilines is 1. The maximum Gasteiger partial charge on any atom is 0.253 e. The van der Waals surface area contributed by atoms with Crippen molar-refractivity contribution in [2.75, 3.05) is 18.8 Å². The van der Waals surface area contributed by atoms with E-state index in [2.05, 4.69) is 0 Å². The smallest absolute Gasteiger partial charge is 0.253 e. The number of nitrogen functional groups attached to an aromatic ring is 1. The molecule has 0 spiro atoms. The van der Waals surface area contributed by atoms with Gasteiger partial charge in [-0.25, -0.2) is 0 Å². The third-order valence-electron chi connectivity index (χ3n) is 4.17. The molecule has 2 unspecified atom stereocenters. The van der Waals surface area contributed by atoms with Gasteiger partial charge in [0.25, 0.3) is 5.91 Å². The molecule has 3 heteroatoms. The number of nitrogens with two attached hydrogens (primary N) is 1. The van der Waals surface area contributed by atoms with Crippen molar-refractivity contribution in [2.24, 2.45) is 11.8 Å². The van der Waals surface area contributed by atoms with Crippen molar-refractivity contribution in [1.29, 1.82) is 0 Å². The summed E-state index contributed by atoms with van der Waals surface area (Å²) in [6, 6.07) is 7.24. The summed E-state index contributed by atoms with van der Waals surface area (Å²) in [6.07, 6.45) is 3.95. The van der Waals surface area contributed by atoms with Crippen molar-refractivity contribution in [3.05, 3.63) is 29.8 Å². The van der Waals surface area contributed by atoms with Crippen molar-refractivity contribution < 1.29 is 4.79 Å². The van der Waals surface area contributed by atoms with Gasteiger partial charge in [0.2, 0.25) is 0 Å². The van der Waals surface area contributed by atoms with Gasteiger partial charge in [-0.15, -0.1) is 0 Å². The monoisotopic (exact) mass is 230 g/mol. The second kappa shape index (κ2) is 4.06. The highest BCUT2D eigenvalue weighted by Gasteiger charge is 2.38. The Morgan fingerprint density at radius 2 is 1.71 bits per heavy atom. The highest BCUT2D eigenvalue weighted by molar-refractivity contribution is 5.94. The number of hydrogen-bond donors (Lipinski definition) is 1. The summed E-state index contributed by atoms with van der Waals surface area (Å²) < 4.78 is 0. The van der Waals surface area contributed by atoms with E-state index in [4.69, 9.17) is 5.73 Å². The van der Waals surface area contributed by atoms with Crippen molar-refractivity contribution >= 4 is 11.6 Å². The normalized spacial score (nSPS) is 27.2. The zero-order chi connectivity index (χ0) is 11.8. The van der Waals surface area contributed by atoms with E-state index in [-0.39, 0.29) is 5.91 Å². The maximum atomic E-state index is 12.3. The molecule has 0 aromatic heterocycles. The molecule has 2 atom stereocenters. The van der Waals surface area contributed by atoms with Crippen LogP contribution in [0.2, 0.25) is 0 Å². The topological polar surface area (TPSA) is 46.3 Å². The highest BCUT2D eigenvalue weighted by atomic mass is 16.2. The molecule has 1 saturated heterocycles. The van der Waals surface area contributed by atoms with Gasteiger partial charge >= 0.3 is 0 Å². The highest BCUT2D eigenvalue weighted by Crippen LogP contribution is 2.38. The van der Waals surface area contributed by atoms with E-state index in [9.17, 15) is 4.79 Å². The number of rotatable bonds is 1. The van der Waals surface area contributed by atoms with Crippen LogP contribution in [-0.2, 0) is 0 Å². The van der Waals surface area contributed by atoms with E-state index in [0.717, 1.165) is 30.5 Å². The summed E-state index contributed by atoms with van der Waals surface area (Å²) >= 11 is 0. The summed E-state index contributed by atoms with van der Waals surface area (Å²) in [7, 11) is 0. The van der Waals surface area contributed by atoms with Gasteiger partial charge in [-0.2, -0.15) is 0 Å². The fraction of sp³-hybridized carbons (Fsp3) is 0.500. The Kier molecular flexibility index (Phi) is 2.54. The molecular formula is C14H18N2O. The molecule has 17 heavy (non-hydrogen) atoms. The van der Waals surface area contributed by atoms with Crippen LogP contribution in [0.25, 0.3) is 0 Å². The van der Waals surface area contributed by atoms with Crippen LogP contribution in [0, 0.1) is 11.8 Å². The van der Waals surface area contributed by atoms with E-state index >= 15 is 0 Å². The first kappa shape index (κ1) is 10.6. The van der Waals surface area contributed by atoms with E-state index < -0.39 is 0 Å². The molecule has 1 heterocycles. The van der Waals surface area contributed by atoms with Crippen molar-refractivity contribution in [2.45, 2.75) is 19.3 Å². The number of fused-ring (bicyclic) bond motifs is 1. The van der Waals surface area contributed by atoms with Gasteiger partial charge in [0, 0.05) is 24.3 Å². The van der Waals surface area contributed by atoms with Crippen LogP contribution < -0.4 is 5.73 Å². The number of carbonyl (C=O) groups is 1. The van der Waals surface area contributed by atoms with Gasteiger partial charge in [-0.3, -0.25) is 4.79 Å². The molecule has 0 radical (unpaired) electrons. The fourth-order valence-corrected chi connectivity index (χ4v) is 3.21. The summed E-state index contributed by atoms with van der Waals surface area (Å²) in [6.45, 7) is 1.90. The zero-order valence-corrected chi connectivity index (χ0v) is 9.93. The van der Waals surface area contributed by atoms with Gasteiger partial charge in [-0.1, -0.05) is 6.42 Å². The first-order valence-corrected chi connectivity index (χ1v) is 6.39. The van der Waals surface area contributed by atoms with Crippen LogP contribution in [0.3, 0.4) is 0 Å². The van der Waals surface area contributed by atoms with E-state index in [1.165, 1.54) is 19.3 Å². The number of carbonyl (C=O) groups excluding carboxylic acids is 1. The summed E-state index contributed by atoms with van der Waals surface area (Å²) in [5.74, 6) is 1.68. The van der Waals surface area contributed by atoms with E-state index in [1.54, 1.807) is 12.1 Å². The molecule has 0 bridgehead atoms. The summed E-state index contributed by atoms with van der Waals surface area (Å²) in [5, 5.41) is 0. The van der Waals surface area contributed by atoms with Crippen molar-refractivity contribution in [3.63, 3.8) is 0 Å². The molecule has 1 aliphatic carbocycles. The molecule has 3 nitrogen and oxygen atoms in total. The Morgan fingerprint density at radius 1 is 1.12 bits per heavy atom. The van der Waals surface area contributed by atoms with Crippen LogP contribution >= 0.6 is 0 Å². The average Bonchev–Trinajstić information content (AvgIpc) is 2.89. The minimum Gasteiger partial charge on any atom is -0.399 e. The lowest BCUT2D eigenvalue weighted by atomic mass is 10.0. The Hall–Kier alpha value is -1.51. The molecule has 1 saturated carbocycles. The Labute approximate surface area is 102 Å². The Balaban J connectivity index is 1.73. The Morgan fingerprint density at radius 3 is 2.29 bits per heavy atom. The quantitative estimate of drug-likeness (QED) is 0.751. The van der Waals surface area contributed by atoms with Crippen LogP contribution in [0.1, 0.15) is 29.6 Å². The molecule has 1 aliphatic heterocycles. The first-order valence-electron chi connectivity index (χ1n) is 6.39. The number of benzene rings is 1. The van der Waals surface area contributed by atoms with Gasteiger partial charge in [0.15, 0.2) is 0 Å². The van der Waals surface area contributed by atoms with Crippen LogP contribution in [-0.4, -0.2) is 23.9 Å². The predicted molar refractivity (Wildman–Crippen MR) is 67.6 cm³/mol. The Bertz CT molecular complexity index is 414. The summed E-state index contributed by atoms with van der Waals surface area (Å²) in [4.78, 5) is 14.3. The number of likely N-dealkylation sites (tertiary alicyclic amines) is 1. The van der Waals surface area contributed by atoms with E-state index in [0.29, 0.717) is 5.69 Å². The SMILES string of the molecule is Nc1ccc(C(=O)N2CC3CCCC3C2)cc1. The molecule has 2 fully saturated rings. The number of amides is 1. The van der Waals surface area contributed by atoms with Gasteiger partial charge < -0.3 is 10.6 Å². The van der Waals surface area contributed by atoms with Crippen LogP contribution in [0.5, 0.6) is 0 Å². The minimum absolute atomic E-state index is 0.166. The van der Waals surface area contributed by atoms with Gasteiger partial charge in [-0.05, 0) is 48.9 Å². The lowest BCUT2D eigenvalue weighted by Crippen LogP contribution is -2.29. The summed E-state index contributed by atoms with van der Waals surface area (Å²) in [5.41, 5.74) is 7.10. The molecule has 2 N–H and O–H groups in total. The standard InChI is InChI=1S/C14H18N2O/c15-13-6-4-10(5-7-13)14(17)16-8-11-2-1-3-12(11)9-16/h4-7,11-12H,1-3,8-9,15H2. The third kappa shape index (κ3) is 1.90. The molecule has 1 aromatic carbocycles. The first-order chi connectivity index (χ1) is 8.24. The van der Waals surface area contributed by atoms with E-state index in [1.807, 2.05) is 17.0 Å². The minimum atomic E-state index is 0.166. The predicted octanol–water partition coefficient (Wildman–Crippen LogP) is 2.14. The maximum absolute atomic E-state index is 12.3. The molecule has 1 amide bonds. The van der Waals surface area contributed by atoms with Crippen LogP contribution in [0.4, 0.5) is 5.69 Å². The molecule has 90 valence electrons. The van der Waals surface area contributed by atoms with Gasteiger partial charge in [0.1, 0.15) is 0 Å². The van der Waals surface area contributed by atoms with Crippen molar-refractivity contribution in [1.82, 2.24) is 4.90 Å². The number of hydrogen-bond acceptors (Lipinski definition) is 2. The molecule has 2 aliphatic rings. The van der Waals surface area contributed by atoms with Crippen LogP contribution in [0.15, 0.2) is 24.3 Å². The largest absolute Gasteiger partial charge is 0.399 e. The molecule has 3 rings (SSSR count). The second-order valence-electron chi connectivity index (χ2n) is 5.28. The fourth-order valence-electron chi connectivity index (χ4n) is 3.21. The lowest BCUT2D eigenvalue weighted by molar-refractivity contribution is 0.0780. The third-order valence-corrected chi connectivity index (χ3v) is 4.17. The molecular weight excluding hydrogens is 212 g/mol. The second-order valence-corrected chi connectivity index (χ2v) is 5.28. The van der Waals surface area contributed by atoms with Gasteiger partial charge in [0.05, 0.1) is 0 Å². The van der Waals surface area contributed by atoms with Crippen molar-refractivity contribution in [3.8, 4) is 0 Å². The lowest BCUT2D eigenvalue weighted by Gasteiger charge is -2.17. The molecule has 1 aromatic rings. The number of nitrogens with zero attached hydrogens (tertiary/aromatic N) is 1.